The minimum absolute atomic E-state index is 0.0187. The highest BCUT2D eigenvalue weighted by atomic mass is 35.5. The quantitative estimate of drug-likeness (QED) is 0.249. The second-order valence-corrected chi connectivity index (χ2v) is 7.24. The van der Waals surface area contributed by atoms with Crippen LogP contribution in [-0.2, 0) is 6.42 Å². The minimum atomic E-state index is -0.437. The number of hydrogen-bond donors (Lipinski definition) is 0. The number of non-ortho nitro benzene ring substituents is 1. The van der Waals surface area contributed by atoms with E-state index in [1.54, 1.807) is 17.1 Å². The van der Waals surface area contributed by atoms with Crippen molar-refractivity contribution in [1.29, 1.82) is 0 Å². The molecule has 2 heterocycles. The summed E-state index contributed by atoms with van der Waals surface area (Å²) in [5, 5.41) is 17.4. The first kappa shape index (κ1) is 17.7. The Bertz CT molecular complexity index is 995. The molecule has 27 heavy (non-hydrogen) atoms. The maximum Gasteiger partial charge on any atom is 0.270 e. The van der Waals surface area contributed by atoms with Crippen molar-refractivity contribution in [3.8, 4) is 11.5 Å². The number of nitrogens with zero attached hydrogens (tertiary/aromatic N) is 3. The summed E-state index contributed by atoms with van der Waals surface area (Å²) in [4.78, 5) is 10.8. The molecule has 0 spiro atoms. The summed E-state index contributed by atoms with van der Waals surface area (Å²) in [6.07, 6.45) is 0.626. The third kappa shape index (κ3) is 3.22. The molecule has 2 aromatic rings. The third-order valence-electron chi connectivity index (χ3n) is 4.50. The molecule has 7 nitrogen and oxygen atoms in total. The zero-order chi connectivity index (χ0) is 19.1. The first-order valence-corrected chi connectivity index (χ1v) is 8.97. The van der Waals surface area contributed by atoms with Gasteiger partial charge in [-0.25, -0.2) is 5.01 Å². The Labute approximate surface area is 165 Å². The first-order valence-electron chi connectivity index (χ1n) is 8.19. The van der Waals surface area contributed by atoms with Crippen molar-refractivity contribution in [2.24, 2.45) is 5.10 Å². The van der Waals surface area contributed by atoms with Crippen LogP contribution in [0.1, 0.15) is 23.6 Å². The van der Waals surface area contributed by atoms with Crippen LogP contribution in [0.15, 0.2) is 41.5 Å². The third-order valence-corrected chi connectivity index (χ3v) is 4.86. The Morgan fingerprint density at radius 2 is 2.07 bits per heavy atom. The predicted octanol–water partition coefficient (Wildman–Crippen LogP) is 3.85. The average molecular weight is 404 g/mol. The Hall–Kier alpha value is -2.71. The van der Waals surface area contributed by atoms with Crippen LogP contribution in [0, 0.1) is 10.1 Å². The number of ether oxygens (including phenoxy) is 2. The van der Waals surface area contributed by atoms with Gasteiger partial charge in [0.05, 0.1) is 16.7 Å². The molecule has 0 saturated heterocycles. The van der Waals surface area contributed by atoms with Crippen molar-refractivity contribution in [1.82, 2.24) is 5.01 Å². The van der Waals surface area contributed by atoms with Gasteiger partial charge in [0.25, 0.3) is 5.69 Å². The van der Waals surface area contributed by atoms with Gasteiger partial charge in [0.15, 0.2) is 15.9 Å². The van der Waals surface area contributed by atoms with Gasteiger partial charge in [-0.1, -0.05) is 23.7 Å². The van der Waals surface area contributed by atoms with Crippen LogP contribution in [0.5, 0.6) is 11.5 Å². The largest absolute Gasteiger partial charge is 0.454 e. The summed E-state index contributed by atoms with van der Waals surface area (Å²) in [5.41, 5.74) is 2.90. The fourth-order valence-corrected chi connectivity index (χ4v) is 3.66. The molecule has 0 unspecified atom stereocenters. The number of halogens is 1. The second-order valence-electron chi connectivity index (χ2n) is 6.27. The zero-order valence-corrected chi connectivity index (χ0v) is 15.8. The maximum atomic E-state index is 11.2. The average Bonchev–Trinajstić information content (AvgIpc) is 3.03. The number of nitro benzene ring substituents is 1. The Morgan fingerprint density at radius 3 is 2.78 bits per heavy atom. The Morgan fingerprint density at radius 1 is 1.33 bits per heavy atom. The molecule has 0 saturated carbocycles. The van der Waals surface area contributed by atoms with Crippen LogP contribution < -0.4 is 9.47 Å². The SMILES string of the molecule is C[C@@H]1Cc2cc3c(cc2C(c2cccc([N+](=O)[O-])c2)=NN1C(=S)Cl)OCO3. The van der Waals surface area contributed by atoms with Gasteiger partial charge in [-0.3, -0.25) is 10.1 Å². The molecule has 9 heteroatoms. The molecule has 0 bridgehead atoms. The summed E-state index contributed by atoms with van der Waals surface area (Å²) in [7, 11) is 0. The number of fused-ring (bicyclic) bond motifs is 2. The van der Waals surface area contributed by atoms with Crippen molar-refractivity contribution in [2.75, 3.05) is 6.79 Å². The second kappa shape index (κ2) is 6.79. The smallest absolute Gasteiger partial charge is 0.270 e. The van der Waals surface area contributed by atoms with E-state index in [4.69, 9.17) is 33.3 Å². The zero-order valence-electron chi connectivity index (χ0n) is 14.2. The van der Waals surface area contributed by atoms with Crippen molar-refractivity contribution < 1.29 is 14.4 Å². The Balaban J connectivity index is 1.93. The molecule has 0 amide bonds. The molecule has 2 aromatic carbocycles. The highest BCUT2D eigenvalue weighted by Crippen LogP contribution is 2.38. The summed E-state index contributed by atoms with van der Waals surface area (Å²) >= 11 is 11.2. The number of hydrazone groups is 1. The van der Waals surface area contributed by atoms with Crippen molar-refractivity contribution in [2.45, 2.75) is 19.4 Å². The van der Waals surface area contributed by atoms with Gasteiger partial charge in [0.1, 0.15) is 0 Å². The highest BCUT2D eigenvalue weighted by Gasteiger charge is 2.28. The molecule has 0 radical (unpaired) electrons. The molecular weight excluding hydrogens is 390 g/mol. The van der Waals surface area contributed by atoms with E-state index in [1.165, 1.54) is 12.1 Å². The molecular formula is C18H14ClN3O4S. The highest BCUT2D eigenvalue weighted by molar-refractivity contribution is 7.83. The van der Waals surface area contributed by atoms with Crippen LogP contribution >= 0.6 is 23.8 Å². The molecule has 2 aliphatic heterocycles. The van der Waals surface area contributed by atoms with E-state index in [-0.39, 0.29) is 23.0 Å². The summed E-state index contributed by atoms with van der Waals surface area (Å²) in [5.74, 6) is 1.28. The molecule has 138 valence electrons. The number of hydrogen-bond acceptors (Lipinski definition) is 6. The van der Waals surface area contributed by atoms with Crippen molar-refractivity contribution in [3.63, 3.8) is 0 Å². The molecule has 1 atom stereocenters. The lowest BCUT2D eigenvalue weighted by atomic mass is 9.94. The molecule has 0 fully saturated rings. The van der Waals surface area contributed by atoms with E-state index in [0.29, 0.717) is 29.2 Å². The topological polar surface area (TPSA) is 77.2 Å². The monoisotopic (exact) mass is 403 g/mol. The molecule has 2 aliphatic rings. The summed E-state index contributed by atoms with van der Waals surface area (Å²) in [6, 6.07) is 9.99. The first-order chi connectivity index (χ1) is 12.9. The predicted molar refractivity (Wildman–Crippen MR) is 105 cm³/mol. The van der Waals surface area contributed by atoms with Crippen LogP contribution in [-0.4, -0.2) is 32.9 Å². The lowest BCUT2D eigenvalue weighted by Crippen LogP contribution is -2.31. The van der Waals surface area contributed by atoms with Crippen LogP contribution in [0.4, 0.5) is 5.69 Å². The molecule has 0 N–H and O–H groups in total. The lowest BCUT2D eigenvalue weighted by Gasteiger charge is -2.22. The van der Waals surface area contributed by atoms with Crippen molar-refractivity contribution in [3.05, 3.63) is 63.2 Å². The van der Waals surface area contributed by atoms with Crippen LogP contribution in [0.25, 0.3) is 0 Å². The van der Waals surface area contributed by atoms with E-state index >= 15 is 0 Å². The van der Waals surface area contributed by atoms with E-state index in [0.717, 1.165) is 11.1 Å². The Kier molecular flexibility index (Phi) is 4.45. The van der Waals surface area contributed by atoms with Gasteiger partial charge in [0, 0.05) is 23.3 Å². The van der Waals surface area contributed by atoms with Gasteiger partial charge in [-0.05, 0) is 43.3 Å². The summed E-state index contributed by atoms with van der Waals surface area (Å²) in [6.45, 7) is 2.12. The molecule has 4 rings (SSSR count). The summed E-state index contributed by atoms with van der Waals surface area (Å²) < 4.78 is 11.1. The van der Waals surface area contributed by atoms with E-state index in [9.17, 15) is 10.1 Å². The number of nitro groups is 1. The van der Waals surface area contributed by atoms with E-state index in [2.05, 4.69) is 5.10 Å². The fourth-order valence-electron chi connectivity index (χ4n) is 3.23. The number of benzene rings is 2. The number of thiocarbonyl (C=S) groups is 1. The van der Waals surface area contributed by atoms with E-state index < -0.39 is 4.92 Å². The van der Waals surface area contributed by atoms with Gasteiger partial charge in [-0.15, -0.1) is 0 Å². The van der Waals surface area contributed by atoms with E-state index in [1.807, 2.05) is 19.1 Å². The van der Waals surface area contributed by atoms with Gasteiger partial charge in [0.2, 0.25) is 6.79 Å². The molecule has 0 aromatic heterocycles. The van der Waals surface area contributed by atoms with Crippen molar-refractivity contribution >= 4 is 39.7 Å². The van der Waals surface area contributed by atoms with Gasteiger partial charge in [-0.2, -0.15) is 5.10 Å². The lowest BCUT2D eigenvalue weighted by molar-refractivity contribution is -0.384. The number of rotatable bonds is 2. The fraction of sp³-hybridized carbons (Fsp3) is 0.222. The van der Waals surface area contributed by atoms with Crippen LogP contribution in [0.2, 0.25) is 0 Å². The standard InChI is InChI=1S/C18H14ClN3O4S/c1-10-5-12-7-15-16(26-9-25-15)8-14(12)17(20-21(10)18(19)27)11-3-2-4-13(6-11)22(23)24/h2-4,6-8,10H,5,9H2,1H3/t10-/m1/s1. The minimum Gasteiger partial charge on any atom is -0.454 e. The van der Waals surface area contributed by atoms with Gasteiger partial charge >= 0.3 is 0 Å². The maximum absolute atomic E-state index is 11.2. The van der Waals surface area contributed by atoms with Crippen LogP contribution in [0.3, 0.4) is 0 Å². The van der Waals surface area contributed by atoms with Gasteiger partial charge < -0.3 is 9.47 Å². The normalized spacial score (nSPS) is 17.8. The molecule has 0 aliphatic carbocycles.